The van der Waals surface area contributed by atoms with E-state index < -0.39 is 0 Å². The summed E-state index contributed by atoms with van der Waals surface area (Å²) in [6.07, 6.45) is 3.63. The Morgan fingerprint density at radius 1 is 1.60 bits per heavy atom. The Balaban J connectivity index is 2.33. The highest BCUT2D eigenvalue weighted by atomic mass is 127. The van der Waals surface area contributed by atoms with E-state index >= 15 is 0 Å². The van der Waals surface area contributed by atoms with E-state index in [1.165, 1.54) is 19.8 Å². The summed E-state index contributed by atoms with van der Waals surface area (Å²) >= 11 is 2.35. The second-order valence-corrected chi connectivity index (χ2v) is 4.19. The molecule has 0 aliphatic heterocycles. The van der Waals surface area contributed by atoms with Gasteiger partial charge in [0.25, 0.3) is 0 Å². The lowest BCUT2D eigenvalue weighted by Crippen LogP contribution is -2.20. The van der Waals surface area contributed by atoms with Crippen LogP contribution in [0.5, 0.6) is 0 Å². The van der Waals surface area contributed by atoms with Gasteiger partial charge in [0.2, 0.25) is 0 Å². The summed E-state index contributed by atoms with van der Waals surface area (Å²) in [4.78, 5) is 10.5. The molecule has 0 aromatic heterocycles. The van der Waals surface area contributed by atoms with Gasteiger partial charge in [-0.15, -0.1) is 0 Å². The summed E-state index contributed by atoms with van der Waals surface area (Å²) < 4.78 is 5.62. The third-order valence-corrected chi connectivity index (χ3v) is 3.11. The van der Waals surface area contributed by atoms with Gasteiger partial charge in [0, 0.05) is 10.8 Å². The van der Waals surface area contributed by atoms with Crippen LogP contribution in [0.1, 0.15) is 26.2 Å². The van der Waals surface area contributed by atoms with E-state index in [4.69, 9.17) is 4.74 Å². The van der Waals surface area contributed by atoms with Gasteiger partial charge in [0.05, 0.1) is 0 Å². The lowest BCUT2D eigenvalue weighted by atomic mass is 10.3. The van der Waals surface area contributed by atoms with Gasteiger partial charge < -0.3 is 4.74 Å². The molecule has 0 unspecified atom stereocenters. The van der Waals surface area contributed by atoms with Crippen LogP contribution in [-0.4, -0.2) is 16.0 Å². The number of hydrogen-bond donors (Lipinski definition) is 0. The van der Waals surface area contributed by atoms with Crippen LogP contribution in [0.25, 0.3) is 0 Å². The predicted octanol–water partition coefficient (Wildman–Crippen LogP) is 1.91. The molecule has 0 saturated heterocycles. The first kappa shape index (κ1) is 8.30. The molecule has 0 N–H and O–H groups in total. The van der Waals surface area contributed by atoms with Crippen LogP contribution in [0.2, 0.25) is 0 Å². The molecule has 0 heterocycles. The summed E-state index contributed by atoms with van der Waals surface area (Å²) in [7, 11) is 0. The lowest BCUT2D eigenvalue weighted by Gasteiger charge is -2.12. The molecule has 0 bridgehead atoms. The minimum atomic E-state index is -0.145. The molecular formula is C7H11IO2. The maximum atomic E-state index is 10.5. The minimum absolute atomic E-state index is 0.145. The molecule has 2 nitrogen and oxygen atoms in total. The molecule has 10 heavy (non-hydrogen) atoms. The topological polar surface area (TPSA) is 26.3 Å². The molecule has 1 aliphatic carbocycles. The number of ether oxygens (including phenoxy) is 1. The van der Waals surface area contributed by atoms with Gasteiger partial charge in [-0.3, -0.25) is 4.79 Å². The molecule has 2 atom stereocenters. The van der Waals surface area contributed by atoms with E-state index in [1.807, 2.05) is 0 Å². The standard InChI is InChI=1S/C7H11IO2/c1-5(9)10-7-4-2-3-6(7)8/h6-7H,2-4H2,1H3/t6-,7-/m1/s1. The van der Waals surface area contributed by atoms with Crippen molar-refractivity contribution in [3.8, 4) is 0 Å². The molecule has 0 aromatic carbocycles. The smallest absolute Gasteiger partial charge is 0.302 e. The maximum absolute atomic E-state index is 10.5. The zero-order valence-electron chi connectivity index (χ0n) is 5.97. The Bertz CT molecular complexity index is 136. The SMILES string of the molecule is CC(=O)O[C@@H]1CCC[C@H]1I. The van der Waals surface area contributed by atoms with Gasteiger partial charge in [-0.05, 0) is 19.3 Å². The highest BCUT2D eigenvalue weighted by Crippen LogP contribution is 2.28. The average molecular weight is 254 g/mol. The first-order valence-electron chi connectivity index (χ1n) is 3.51. The molecule has 58 valence electrons. The summed E-state index contributed by atoms with van der Waals surface area (Å²) in [5, 5.41) is 0. The number of carbonyl (C=O) groups excluding carboxylic acids is 1. The van der Waals surface area contributed by atoms with Crippen LogP contribution in [0, 0.1) is 0 Å². The number of alkyl halides is 1. The number of hydrogen-bond acceptors (Lipinski definition) is 2. The molecule has 0 spiro atoms. The van der Waals surface area contributed by atoms with Crippen molar-refractivity contribution in [3.05, 3.63) is 0 Å². The van der Waals surface area contributed by atoms with E-state index in [-0.39, 0.29) is 12.1 Å². The molecule has 0 radical (unpaired) electrons. The number of rotatable bonds is 1. The Labute approximate surface area is 74.5 Å². The molecule has 1 saturated carbocycles. The van der Waals surface area contributed by atoms with Crippen LogP contribution in [0.15, 0.2) is 0 Å². The molecule has 1 aliphatic rings. The molecule has 1 rings (SSSR count). The van der Waals surface area contributed by atoms with Gasteiger partial charge in [-0.2, -0.15) is 0 Å². The van der Waals surface area contributed by atoms with Crippen LogP contribution in [0.3, 0.4) is 0 Å². The van der Waals surface area contributed by atoms with Crippen molar-refractivity contribution in [1.29, 1.82) is 0 Å². The highest BCUT2D eigenvalue weighted by Gasteiger charge is 2.26. The van der Waals surface area contributed by atoms with E-state index in [2.05, 4.69) is 22.6 Å². The van der Waals surface area contributed by atoms with Crippen LogP contribution in [0.4, 0.5) is 0 Å². The summed E-state index contributed by atoms with van der Waals surface area (Å²) in [6, 6.07) is 0. The van der Waals surface area contributed by atoms with E-state index in [9.17, 15) is 4.79 Å². The van der Waals surface area contributed by atoms with E-state index in [0.717, 1.165) is 6.42 Å². The second-order valence-electron chi connectivity index (χ2n) is 2.59. The number of esters is 1. The molecule has 3 heteroatoms. The van der Waals surface area contributed by atoms with Crippen LogP contribution < -0.4 is 0 Å². The van der Waals surface area contributed by atoms with Crippen LogP contribution in [-0.2, 0) is 9.53 Å². The summed E-state index contributed by atoms with van der Waals surface area (Å²) in [5.41, 5.74) is 0. The predicted molar refractivity (Wildman–Crippen MR) is 47.2 cm³/mol. The summed E-state index contributed by atoms with van der Waals surface area (Å²) in [5.74, 6) is -0.145. The first-order valence-corrected chi connectivity index (χ1v) is 4.76. The third-order valence-electron chi connectivity index (χ3n) is 1.69. The largest absolute Gasteiger partial charge is 0.461 e. The zero-order chi connectivity index (χ0) is 7.56. The molecule has 0 aromatic rings. The van der Waals surface area contributed by atoms with Crippen molar-refractivity contribution in [2.45, 2.75) is 36.2 Å². The second kappa shape index (κ2) is 3.55. The number of carbonyl (C=O) groups is 1. The normalized spacial score (nSPS) is 32.2. The van der Waals surface area contributed by atoms with Crippen molar-refractivity contribution in [2.24, 2.45) is 0 Å². The third kappa shape index (κ3) is 2.11. The monoisotopic (exact) mass is 254 g/mol. The molecule has 1 fully saturated rings. The van der Waals surface area contributed by atoms with Crippen molar-refractivity contribution < 1.29 is 9.53 Å². The quantitative estimate of drug-likeness (QED) is 0.406. The Morgan fingerprint density at radius 3 is 2.70 bits per heavy atom. The Kier molecular flexibility index (Phi) is 2.95. The van der Waals surface area contributed by atoms with Crippen LogP contribution >= 0.6 is 22.6 Å². The zero-order valence-corrected chi connectivity index (χ0v) is 8.13. The number of halogens is 1. The van der Waals surface area contributed by atoms with Gasteiger partial charge in [-0.25, -0.2) is 0 Å². The van der Waals surface area contributed by atoms with Crippen molar-refractivity contribution in [2.75, 3.05) is 0 Å². The molecule has 0 amide bonds. The fraction of sp³-hybridized carbons (Fsp3) is 0.857. The fourth-order valence-corrected chi connectivity index (χ4v) is 2.17. The molecular weight excluding hydrogens is 243 g/mol. The van der Waals surface area contributed by atoms with Gasteiger partial charge in [0.15, 0.2) is 0 Å². The van der Waals surface area contributed by atoms with Gasteiger partial charge >= 0.3 is 5.97 Å². The van der Waals surface area contributed by atoms with Crippen molar-refractivity contribution in [1.82, 2.24) is 0 Å². The highest BCUT2D eigenvalue weighted by molar-refractivity contribution is 14.1. The van der Waals surface area contributed by atoms with Gasteiger partial charge in [-0.1, -0.05) is 22.6 Å². The maximum Gasteiger partial charge on any atom is 0.302 e. The van der Waals surface area contributed by atoms with E-state index in [0.29, 0.717) is 3.92 Å². The minimum Gasteiger partial charge on any atom is -0.461 e. The van der Waals surface area contributed by atoms with Crippen molar-refractivity contribution >= 4 is 28.6 Å². The summed E-state index contributed by atoms with van der Waals surface area (Å²) in [6.45, 7) is 1.47. The van der Waals surface area contributed by atoms with Gasteiger partial charge in [0.1, 0.15) is 6.10 Å². The fourth-order valence-electron chi connectivity index (χ4n) is 1.23. The van der Waals surface area contributed by atoms with E-state index in [1.54, 1.807) is 0 Å². The first-order chi connectivity index (χ1) is 4.70. The van der Waals surface area contributed by atoms with Crippen molar-refractivity contribution in [3.63, 3.8) is 0 Å². The average Bonchev–Trinajstić information content (AvgIpc) is 2.15. The lowest BCUT2D eigenvalue weighted by molar-refractivity contribution is -0.145. The Morgan fingerprint density at radius 2 is 2.30 bits per heavy atom. The Hall–Kier alpha value is 0.200.